The molecule has 0 unspecified atom stereocenters. The molecule has 0 aliphatic heterocycles. The molecule has 0 heterocycles. The van der Waals surface area contributed by atoms with Crippen LogP contribution >= 0.6 is 11.6 Å². The van der Waals surface area contributed by atoms with E-state index in [2.05, 4.69) is 0 Å². The maximum Gasteiger partial charge on any atom is 0.264 e. The normalized spacial score (nSPS) is 11.1. The summed E-state index contributed by atoms with van der Waals surface area (Å²) in [5.74, 6) is 1.24. The van der Waals surface area contributed by atoms with E-state index in [4.69, 9.17) is 21.1 Å². The zero-order valence-corrected chi connectivity index (χ0v) is 17.1. The number of nitrogens with zero attached hydrogens (tertiary/aromatic N) is 1. The van der Waals surface area contributed by atoms with Crippen LogP contribution in [0.1, 0.15) is 5.56 Å². The average molecular weight is 418 g/mol. The van der Waals surface area contributed by atoms with Gasteiger partial charge in [-0.1, -0.05) is 23.7 Å². The second-order valence-corrected chi connectivity index (χ2v) is 8.31. The second-order valence-electron chi connectivity index (χ2n) is 6.01. The summed E-state index contributed by atoms with van der Waals surface area (Å²) in [6.45, 7) is 0.165. The van der Waals surface area contributed by atoms with Gasteiger partial charge in [-0.2, -0.15) is 0 Å². The number of ether oxygens (including phenoxy) is 2. The molecule has 0 atom stereocenters. The number of methoxy groups -OCH3 is 2. The van der Waals surface area contributed by atoms with Crippen LogP contribution < -0.4 is 13.8 Å². The van der Waals surface area contributed by atoms with Gasteiger partial charge in [0.15, 0.2) is 0 Å². The summed E-state index contributed by atoms with van der Waals surface area (Å²) in [5.41, 5.74) is 1.35. The summed E-state index contributed by atoms with van der Waals surface area (Å²) >= 11 is 5.96. The first kappa shape index (κ1) is 20.0. The smallest absolute Gasteiger partial charge is 0.264 e. The van der Waals surface area contributed by atoms with Crippen molar-refractivity contribution in [1.29, 1.82) is 0 Å². The Morgan fingerprint density at radius 3 is 1.79 bits per heavy atom. The first-order chi connectivity index (χ1) is 13.4. The van der Waals surface area contributed by atoms with Crippen LogP contribution in [0.3, 0.4) is 0 Å². The highest BCUT2D eigenvalue weighted by atomic mass is 35.5. The molecule has 0 bridgehead atoms. The Kier molecular flexibility index (Phi) is 6.11. The lowest BCUT2D eigenvalue weighted by molar-refractivity contribution is 0.414. The Bertz CT molecular complexity index is 1020. The molecule has 146 valence electrons. The Hall–Kier alpha value is -2.70. The van der Waals surface area contributed by atoms with Crippen LogP contribution in [0.5, 0.6) is 11.5 Å². The average Bonchev–Trinajstić information content (AvgIpc) is 2.73. The van der Waals surface area contributed by atoms with Crippen molar-refractivity contribution < 1.29 is 17.9 Å². The molecule has 0 saturated heterocycles. The molecule has 0 aliphatic rings. The van der Waals surface area contributed by atoms with Crippen molar-refractivity contribution in [3.8, 4) is 11.5 Å². The van der Waals surface area contributed by atoms with Crippen LogP contribution in [-0.4, -0.2) is 22.6 Å². The second kappa shape index (κ2) is 8.54. The Morgan fingerprint density at radius 1 is 0.786 bits per heavy atom. The van der Waals surface area contributed by atoms with Crippen molar-refractivity contribution >= 4 is 27.3 Å². The standard InChI is InChI=1S/C21H20ClNO4S/c1-26-19-9-7-18(8-10-19)23(15-16-3-5-17(22)6-4-16)28(24,25)21-13-11-20(27-2)12-14-21/h3-14H,15H2,1-2H3. The highest BCUT2D eigenvalue weighted by Crippen LogP contribution is 2.29. The van der Waals surface area contributed by atoms with Crippen molar-refractivity contribution in [2.24, 2.45) is 0 Å². The van der Waals surface area contributed by atoms with E-state index in [-0.39, 0.29) is 11.4 Å². The molecule has 0 spiro atoms. The molecule has 0 saturated carbocycles. The Morgan fingerprint density at radius 2 is 1.29 bits per heavy atom. The van der Waals surface area contributed by atoms with Gasteiger partial charge < -0.3 is 9.47 Å². The fourth-order valence-electron chi connectivity index (χ4n) is 2.69. The number of hydrogen-bond donors (Lipinski definition) is 0. The zero-order chi connectivity index (χ0) is 20.1. The van der Waals surface area contributed by atoms with Crippen molar-refractivity contribution in [3.05, 3.63) is 83.4 Å². The predicted molar refractivity (Wildman–Crippen MR) is 111 cm³/mol. The van der Waals surface area contributed by atoms with Crippen molar-refractivity contribution in [3.63, 3.8) is 0 Å². The van der Waals surface area contributed by atoms with E-state index in [1.54, 1.807) is 55.6 Å². The first-order valence-electron chi connectivity index (χ1n) is 8.49. The molecule has 0 amide bonds. The van der Waals surface area contributed by atoms with Crippen LogP contribution in [0.25, 0.3) is 0 Å². The van der Waals surface area contributed by atoms with E-state index in [0.29, 0.717) is 22.2 Å². The van der Waals surface area contributed by atoms with Crippen molar-refractivity contribution in [2.45, 2.75) is 11.4 Å². The van der Waals surface area contributed by atoms with Gasteiger partial charge in [0.05, 0.1) is 31.3 Å². The van der Waals surface area contributed by atoms with Gasteiger partial charge in [-0.15, -0.1) is 0 Å². The number of anilines is 1. The summed E-state index contributed by atoms with van der Waals surface area (Å²) in [6.07, 6.45) is 0. The molecule has 3 rings (SSSR count). The first-order valence-corrected chi connectivity index (χ1v) is 10.3. The van der Waals surface area contributed by atoms with Gasteiger partial charge >= 0.3 is 0 Å². The van der Waals surface area contributed by atoms with Crippen LogP contribution in [0.4, 0.5) is 5.69 Å². The minimum absolute atomic E-state index is 0.165. The summed E-state index contributed by atoms with van der Waals surface area (Å²) < 4.78 is 38.4. The third-order valence-corrected chi connectivity index (χ3v) is 6.29. The molecule has 7 heteroatoms. The summed E-state index contributed by atoms with van der Waals surface area (Å²) in [4.78, 5) is 0.179. The van der Waals surface area contributed by atoms with Crippen LogP contribution in [0, 0.1) is 0 Å². The molecule has 0 aromatic heterocycles. The third-order valence-electron chi connectivity index (χ3n) is 4.25. The molecule has 0 radical (unpaired) electrons. The maximum absolute atomic E-state index is 13.4. The molecule has 0 aliphatic carbocycles. The molecule has 28 heavy (non-hydrogen) atoms. The van der Waals surface area contributed by atoms with Gasteiger partial charge in [-0.3, -0.25) is 4.31 Å². The fourth-order valence-corrected chi connectivity index (χ4v) is 4.27. The predicted octanol–water partition coefficient (Wildman–Crippen LogP) is 4.75. The Labute approximate surface area is 170 Å². The van der Waals surface area contributed by atoms with E-state index in [9.17, 15) is 8.42 Å². The lowest BCUT2D eigenvalue weighted by Crippen LogP contribution is -2.30. The molecule has 0 fully saturated rings. The molecule has 5 nitrogen and oxygen atoms in total. The zero-order valence-electron chi connectivity index (χ0n) is 15.5. The third kappa shape index (κ3) is 4.40. The number of benzene rings is 3. The molecule has 3 aromatic carbocycles. The lowest BCUT2D eigenvalue weighted by atomic mass is 10.2. The SMILES string of the molecule is COc1ccc(N(Cc2ccc(Cl)cc2)S(=O)(=O)c2ccc(OC)cc2)cc1. The minimum Gasteiger partial charge on any atom is -0.497 e. The van der Waals surface area contributed by atoms with E-state index in [0.717, 1.165) is 5.56 Å². The maximum atomic E-state index is 13.4. The number of rotatable bonds is 7. The highest BCUT2D eigenvalue weighted by Gasteiger charge is 2.25. The largest absolute Gasteiger partial charge is 0.497 e. The number of halogens is 1. The lowest BCUT2D eigenvalue weighted by Gasteiger charge is -2.25. The van der Waals surface area contributed by atoms with Gasteiger partial charge in [-0.25, -0.2) is 8.42 Å². The summed E-state index contributed by atoms with van der Waals surface area (Å²) in [5, 5.41) is 0.595. The van der Waals surface area contributed by atoms with Gasteiger partial charge in [-0.05, 0) is 66.2 Å². The van der Waals surface area contributed by atoms with E-state index in [1.165, 1.54) is 23.5 Å². The van der Waals surface area contributed by atoms with Crippen molar-refractivity contribution in [2.75, 3.05) is 18.5 Å². The monoisotopic (exact) mass is 417 g/mol. The van der Waals surface area contributed by atoms with Crippen LogP contribution in [0.15, 0.2) is 77.7 Å². The van der Waals surface area contributed by atoms with Crippen LogP contribution in [-0.2, 0) is 16.6 Å². The summed E-state index contributed by atoms with van der Waals surface area (Å²) in [6, 6.07) is 20.3. The molecule has 3 aromatic rings. The van der Waals surface area contributed by atoms with Gasteiger partial charge in [0, 0.05) is 5.02 Å². The minimum atomic E-state index is -3.80. The highest BCUT2D eigenvalue weighted by molar-refractivity contribution is 7.92. The van der Waals surface area contributed by atoms with Gasteiger partial charge in [0.25, 0.3) is 10.0 Å². The number of sulfonamides is 1. The molecular formula is C21H20ClNO4S. The quantitative estimate of drug-likeness (QED) is 0.556. The molecular weight excluding hydrogens is 398 g/mol. The molecule has 0 N–H and O–H groups in total. The topological polar surface area (TPSA) is 55.8 Å². The van der Waals surface area contributed by atoms with Gasteiger partial charge in [0.1, 0.15) is 11.5 Å². The van der Waals surface area contributed by atoms with Gasteiger partial charge in [0.2, 0.25) is 0 Å². The van der Waals surface area contributed by atoms with E-state index >= 15 is 0 Å². The van der Waals surface area contributed by atoms with Crippen molar-refractivity contribution in [1.82, 2.24) is 0 Å². The fraction of sp³-hybridized carbons (Fsp3) is 0.143. The van der Waals surface area contributed by atoms with E-state index in [1.807, 2.05) is 12.1 Å². The Balaban J connectivity index is 2.03. The number of hydrogen-bond acceptors (Lipinski definition) is 4. The summed E-state index contributed by atoms with van der Waals surface area (Å²) in [7, 11) is -0.704. The van der Waals surface area contributed by atoms with Crippen LogP contribution in [0.2, 0.25) is 5.02 Å². The van der Waals surface area contributed by atoms with E-state index < -0.39 is 10.0 Å².